The van der Waals surface area contributed by atoms with E-state index >= 15 is 0 Å². The third kappa shape index (κ3) is 3.13. The molecule has 1 aliphatic carbocycles. The van der Waals surface area contributed by atoms with Crippen LogP contribution < -0.4 is 5.32 Å². The first-order valence-corrected chi connectivity index (χ1v) is 7.08. The van der Waals surface area contributed by atoms with Gasteiger partial charge in [-0.3, -0.25) is 4.98 Å². The second-order valence-electron chi connectivity index (χ2n) is 5.21. The molecule has 100 valence electrons. The van der Waals surface area contributed by atoms with E-state index in [1.54, 1.807) is 0 Å². The van der Waals surface area contributed by atoms with E-state index in [9.17, 15) is 0 Å². The highest BCUT2D eigenvalue weighted by Gasteiger charge is 2.15. The minimum Gasteiger partial charge on any atom is -0.353 e. The fraction of sp³-hybridized carbons (Fsp3) is 0.467. The normalized spacial score (nSPS) is 16.4. The van der Waals surface area contributed by atoms with Gasteiger partial charge in [-0.2, -0.15) is 0 Å². The third-order valence-corrected chi connectivity index (χ3v) is 3.76. The Morgan fingerprint density at radius 1 is 1.11 bits per heavy atom. The summed E-state index contributed by atoms with van der Waals surface area (Å²) >= 11 is 0. The van der Waals surface area contributed by atoms with Gasteiger partial charge in [-0.1, -0.05) is 19.3 Å². The van der Waals surface area contributed by atoms with Crippen molar-refractivity contribution in [1.29, 1.82) is 0 Å². The van der Waals surface area contributed by atoms with Gasteiger partial charge in [-0.15, -0.1) is 0 Å². The van der Waals surface area contributed by atoms with Crippen molar-refractivity contribution in [3.05, 3.63) is 42.5 Å². The van der Waals surface area contributed by atoms with E-state index in [4.69, 9.17) is 0 Å². The van der Waals surface area contributed by atoms with Gasteiger partial charge in [0.2, 0.25) is 5.95 Å². The van der Waals surface area contributed by atoms with E-state index in [0.717, 1.165) is 12.5 Å². The SMILES string of the molecule is c1cc(Cn2ccnc2NC2CCCCC2)ccn1. The summed E-state index contributed by atoms with van der Waals surface area (Å²) < 4.78 is 2.17. The number of imidazole rings is 1. The van der Waals surface area contributed by atoms with Crippen LogP contribution in [-0.4, -0.2) is 20.6 Å². The lowest BCUT2D eigenvalue weighted by atomic mass is 9.96. The zero-order valence-corrected chi connectivity index (χ0v) is 11.1. The summed E-state index contributed by atoms with van der Waals surface area (Å²) in [7, 11) is 0. The average Bonchev–Trinajstić information content (AvgIpc) is 2.88. The Hall–Kier alpha value is -1.84. The van der Waals surface area contributed by atoms with Gasteiger partial charge in [0.1, 0.15) is 0 Å². The average molecular weight is 256 g/mol. The summed E-state index contributed by atoms with van der Waals surface area (Å²) in [5.74, 6) is 0.990. The van der Waals surface area contributed by atoms with E-state index in [2.05, 4.69) is 19.9 Å². The van der Waals surface area contributed by atoms with Crippen LogP contribution in [0.4, 0.5) is 5.95 Å². The molecule has 2 heterocycles. The van der Waals surface area contributed by atoms with Gasteiger partial charge in [-0.05, 0) is 30.5 Å². The lowest BCUT2D eigenvalue weighted by Crippen LogP contribution is -2.24. The van der Waals surface area contributed by atoms with Crippen molar-refractivity contribution in [2.75, 3.05) is 5.32 Å². The molecule has 2 aromatic rings. The molecule has 4 nitrogen and oxygen atoms in total. The third-order valence-electron chi connectivity index (χ3n) is 3.76. The Morgan fingerprint density at radius 2 is 1.89 bits per heavy atom. The second-order valence-corrected chi connectivity index (χ2v) is 5.21. The summed E-state index contributed by atoms with van der Waals surface area (Å²) in [6.45, 7) is 0.845. The first kappa shape index (κ1) is 12.2. The Balaban J connectivity index is 1.68. The molecule has 1 N–H and O–H groups in total. The highest BCUT2D eigenvalue weighted by molar-refractivity contribution is 5.29. The lowest BCUT2D eigenvalue weighted by Gasteiger charge is -2.23. The maximum absolute atomic E-state index is 4.44. The van der Waals surface area contributed by atoms with Crippen LogP contribution in [0.15, 0.2) is 36.9 Å². The molecule has 1 saturated carbocycles. The van der Waals surface area contributed by atoms with Crippen molar-refractivity contribution in [1.82, 2.24) is 14.5 Å². The Kier molecular flexibility index (Phi) is 3.77. The smallest absolute Gasteiger partial charge is 0.203 e. The molecule has 0 spiro atoms. The van der Waals surface area contributed by atoms with E-state index in [1.807, 2.05) is 36.9 Å². The van der Waals surface area contributed by atoms with Crippen LogP contribution in [-0.2, 0) is 6.54 Å². The molecule has 2 aromatic heterocycles. The van der Waals surface area contributed by atoms with Gasteiger partial charge in [-0.25, -0.2) is 4.98 Å². The molecule has 1 aliphatic rings. The number of anilines is 1. The van der Waals surface area contributed by atoms with Crippen LogP contribution in [0.25, 0.3) is 0 Å². The molecule has 19 heavy (non-hydrogen) atoms. The largest absolute Gasteiger partial charge is 0.353 e. The molecule has 0 amide bonds. The summed E-state index contributed by atoms with van der Waals surface area (Å²) in [6.07, 6.45) is 14.2. The molecule has 3 rings (SSSR count). The zero-order valence-electron chi connectivity index (χ0n) is 11.1. The number of hydrogen-bond acceptors (Lipinski definition) is 3. The number of nitrogens with zero attached hydrogens (tertiary/aromatic N) is 3. The molecule has 0 aromatic carbocycles. The fourth-order valence-corrected chi connectivity index (χ4v) is 2.69. The first-order chi connectivity index (χ1) is 9.42. The van der Waals surface area contributed by atoms with Crippen molar-refractivity contribution in [3.8, 4) is 0 Å². The minimum atomic E-state index is 0.590. The summed E-state index contributed by atoms with van der Waals surface area (Å²) in [4.78, 5) is 8.49. The van der Waals surface area contributed by atoms with Crippen LogP contribution in [0.1, 0.15) is 37.7 Å². The fourth-order valence-electron chi connectivity index (χ4n) is 2.69. The van der Waals surface area contributed by atoms with Crippen molar-refractivity contribution >= 4 is 5.95 Å². The predicted molar refractivity (Wildman–Crippen MR) is 76.1 cm³/mol. The molecule has 0 unspecified atom stereocenters. The van der Waals surface area contributed by atoms with E-state index in [1.165, 1.54) is 37.7 Å². The summed E-state index contributed by atoms with van der Waals surface area (Å²) in [6, 6.07) is 4.68. The van der Waals surface area contributed by atoms with E-state index in [0.29, 0.717) is 6.04 Å². The van der Waals surface area contributed by atoms with Gasteiger partial charge in [0.05, 0.1) is 6.54 Å². The van der Waals surface area contributed by atoms with E-state index in [-0.39, 0.29) is 0 Å². The van der Waals surface area contributed by atoms with Gasteiger partial charge in [0.15, 0.2) is 0 Å². The minimum absolute atomic E-state index is 0.590. The summed E-state index contributed by atoms with van der Waals surface area (Å²) in [5.41, 5.74) is 1.25. The zero-order chi connectivity index (χ0) is 12.9. The molecule has 4 heteroatoms. The Bertz CT molecular complexity index is 500. The van der Waals surface area contributed by atoms with Crippen LogP contribution >= 0.6 is 0 Å². The second kappa shape index (κ2) is 5.87. The number of aromatic nitrogens is 3. The van der Waals surface area contributed by atoms with Crippen LogP contribution in [0, 0.1) is 0 Å². The predicted octanol–water partition coefficient (Wildman–Crippen LogP) is 3.07. The maximum atomic E-state index is 4.44. The van der Waals surface area contributed by atoms with Crippen molar-refractivity contribution in [3.63, 3.8) is 0 Å². The van der Waals surface area contributed by atoms with Gasteiger partial charge >= 0.3 is 0 Å². The number of nitrogens with one attached hydrogen (secondary N) is 1. The highest BCUT2D eigenvalue weighted by atomic mass is 15.2. The quantitative estimate of drug-likeness (QED) is 0.914. The molecule has 0 atom stereocenters. The lowest BCUT2D eigenvalue weighted by molar-refractivity contribution is 0.459. The molecular formula is C15H20N4. The van der Waals surface area contributed by atoms with Crippen LogP contribution in [0.5, 0.6) is 0 Å². The summed E-state index contributed by atoms with van der Waals surface area (Å²) in [5, 5.41) is 3.59. The van der Waals surface area contributed by atoms with Crippen LogP contribution in [0.3, 0.4) is 0 Å². The molecule has 0 bridgehead atoms. The first-order valence-electron chi connectivity index (χ1n) is 7.08. The maximum Gasteiger partial charge on any atom is 0.203 e. The number of hydrogen-bond donors (Lipinski definition) is 1. The standard InChI is InChI=1S/C15H20N4/c1-2-4-14(5-3-1)18-15-17-10-11-19(15)12-13-6-8-16-9-7-13/h6-11,14H,1-5,12H2,(H,17,18). The Labute approximate surface area is 113 Å². The van der Waals surface area contributed by atoms with Crippen molar-refractivity contribution in [2.24, 2.45) is 0 Å². The van der Waals surface area contributed by atoms with E-state index < -0.39 is 0 Å². The Morgan fingerprint density at radius 3 is 2.68 bits per heavy atom. The topological polar surface area (TPSA) is 42.7 Å². The van der Waals surface area contributed by atoms with Crippen molar-refractivity contribution < 1.29 is 0 Å². The van der Waals surface area contributed by atoms with Gasteiger partial charge in [0, 0.05) is 30.8 Å². The molecule has 0 radical (unpaired) electrons. The highest BCUT2D eigenvalue weighted by Crippen LogP contribution is 2.21. The number of pyridine rings is 1. The molecule has 1 fully saturated rings. The number of rotatable bonds is 4. The van der Waals surface area contributed by atoms with Crippen LogP contribution in [0.2, 0.25) is 0 Å². The molecular weight excluding hydrogens is 236 g/mol. The van der Waals surface area contributed by atoms with Gasteiger partial charge < -0.3 is 9.88 Å². The van der Waals surface area contributed by atoms with Gasteiger partial charge in [0.25, 0.3) is 0 Å². The monoisotopic (exact) mass is 256 g/mol. The molecule has 0 saturated heterocycles. The molecule has 0 aliphatic heterocycles. The van der Waals surface area contributed by atoms with Crippen molar-refractivity contribution in [2.45, 2.75) is 44.7 Å².